The van der Waals surface area contributed by atoms with Gasteiger partial charge in [-0.2, -0.15) is 0 Å². The Labute approximate surface area is 111 Å². The van der Waals surface area contributed by atoms with E-state index in [4.69, 9.17) is 14.9 Å². The molecule has 0 amide bonds. The van der Waals surface area contributed by atoms with Crippen LogP contribution in [-0.2, 0) is 4.74 Å². The summed E-state index contributed by atoms with van der Waals surface area (Å²) in [6.45, 7) is 4.14. The summed E-state index contributed by atoms with van der Waals surface area (Å²) < 4.78 is 11.0. The lowest BCUT2D eigenvalue weighted by atomic mass is 10.1. The number of ether oxygens (including phenoxy) is 1. The van der Waals surface area contributed by atoms with Gasteiger partial charge < -0.3 is 14.9 Å². The van der Waals surface area contributed by atoms with Crippen LogP contribution < -0.4 is 5.73 Å². The topological polar surface area (TPSA) is 61.3 Å². The minimum atomic E-state index is -0.108. The molecule has 0 saturated carbocycles. The average Bonchev–Trinajstić information content (AvgIpc) is 2.70. The van der Waals surface area contributed by atoms with Crippen LogP contribution in [0.4, 0.5) is 5.69 Å². The maximum absolute atomic E-state index is 5.70. The van der Waals surface area contributed by atoms with E-state index in [1.807, 2.05) is 12.1 Å². The third-order valence-corrected chi connectivity index (χ3v) is 3.70. The Bertz CT molecular complexity index is 537. The molecule has 1 heterocycles. The fourth-order valence-corrected chi connectivity index (χ4v) is 2.55. The minimum Gasteiger partial charge on any atom is -0.431 e. The Morgan fingerprint density at radius 1 is 1.44 bits per heavy atom. The van der Waals surface area contributed by atoms with Crippen molar-refractivity contribution in [1.29, 1.82) is 0 Å². The fraction of sp³-hybridized carbons (Fsp3) is 0.462. The van der Waals surface area contributed by atoms with Gasteiger partial charge in [0.05, 0.1) is 5.60 Å². The van der Waals surface area contributed by atoms with Crippen molar-refractivity contribution in [2.24, 2.45) is 0 Å². The lowest BCUT2D eigenvalue weighted by molar-refractivity contribution is 0.0206. The van der Waals surface area contributed by atoms with E-state index in [-0.39, 0.29) is 5.60 Å². The Morgan fingerprint density at radius 2 is 2.22 bits per heavy atom. The number of thioether (sulfide) groups is 1. The molecule has 0 aliphatic carbocycles. The van der Waals surface area contributed by atoms with Gasteiger partial charge in [0.25, 0.3) is 5.22 Å². The Kier molecular flexibility index (Phi) is 3.82. The van der Waals surface area contributed by atoms with Crippen LogP contribution in [0.1, 0.15) is 20.3 Å². The number of aromatic nitrogens is 1. The highest BCUT2D eigenvalue weighted by molar-refractivity contribution is 7.99. The van der Waals surface area contributed by atoms with E-state index in [0.29, 0.717) is 10.9 Å². The lowest BCUT2D eigenvalue weighted by Crippen LogP contribution is -2.22. The zero-order valence-corrected chi connectivity index (χ0v) is 11.7. The highest BCUT2D eigenvalue weighted by atomic mass is 32.2. The standard InChI is InChI=1S/C13H18N2O2S/c1-13(2,16-3)6-7-18-12-15-10-5-4-9(14)8-11(10)17-12/h4-5,8H,6-7,14H2,1-3H3. The molecular formula is C13H18N2O2S. The van der Waals surface area contributed by atoms with Crippen LogP contribution in [-0.4, -0.2) is 23.4 Å². The number of fused-ring (bicyclic) bond motifs is 1. The molecule has 0 aliphatic heterocycles. The predicted molar refractivity (Wildman–Crippen MR) is 74.9 cm³/mol. The van der Waals surface area contributed by atoms with E-state index in [9.17, 15) is 0 Å². The molecule has 0 aliphatic rings. The molecule has 1 aromatic carbocycles. The lowest BCUT2D eigenvalue weighted by Gasteiger charge is -2.21. The Balaban J connectivity index is 2.00. The average molecular weight is 266 g/mol. The van der Waals surface area contributed by atoms with Gasteiger partial charge in [0.15, 0.2) is 5.58 Å². The summed E-state index contributed by atoms with van der Waals surface area (Å²) >= 11 is 1.60. The van der Waals surface area contributed by atoms with Crippen LogP contribution in [0.3, 0.4) is 0 Å². The highest BCUT2D eigenvalue weighted by Crippen LogP contribution is 2.27. The third-order valence-electron chi connectivity index (χ3n) is 2.88. The molecule has 4 nitrogen and oxygen atoms in total. The van der Waals surface area contributed by atoms with Crippen molar-refractivity contribution in [3.63, 3.8) is 0 Å². The molecule has 2 N–H and O–H groups in total. The minimum absolute atomic E-state index is 0.108. The summed E-state index contributed by atoms with van der Waals surface area (Å²) in [4.78, 5) is 4.40. The van der Waals surface area contributed by atoms with Gasteiger partial charge >= 0.3 is 0 Å². The van der Waals surface area contributed by atoms with Crippen molar-refractivity contribution >= 4 is 28.5 Å². The van der Waals surface area contributed by atoms with Crippen molar-refractivity contribution in [2.75, 3.05) is 18.6 Å². The largest absolute Gasteiger partial charge is 0.431 e. The predicted octanol–water partition coefficient (Wildman–Crippen LogP) is 3.32. The molecule has 98 valence electrons. The number of benzene rings is 1. The molecule has 0 fully saturated rings. The maximum atomic E-state index is 5.70. The zero-order chi connectivity index (χ0) is 13.2. The molecule has 2 rings (SSSR count). The number of nitrogens with two attached hydrogens (primary N) is 1. The molecule has 0 bridgehead atoms. The van der Waals surface area contributed by atoms with Gasteiger partial charge in [0.1, 0.15) is 5.52 Å². The zero-order valence-electron chi connectivity index (χ0n) is 10.9. The molecule has 2 aromatic rings. The number of anilines is 1. The highest BCUT2D eigenvalue weighted by Gasteiger charge is 2.16. The fourth-order valence-electron chi connectivity index (χ4n) is 1.47. The first-order valence-corrected chi connectivity index (χ1v) is 6.83. The molecule has 1 aromatic heterocycles. The first-order chi connectivity index (χ1) is 8.50. The number of hydrogen-bond donors (Lipinski definition) is 1. The summed E-state index contributed by atoms with van der Waals surface area (Å²) in [6.07, 6.45) is 0.940. The molecule has 0 saturated heterocycles. The number of nitrogens with zero attached hydrogens (tertiary/aromatic N) is 1. The number of nitrogen functional groups attached to an aromatic ring is 1. The van der Waals surface area contributed by atoms with E-state index in [1.54, 1.807) is 24.9 Å². The van der Waals surface area contributed by atoms with Crippen molar-refractivity contribution in [2.45, 2.75) is 31.1 Å². The Morgan fingerprint density at radius 3 is 2.94 bits per heavy atom. The monoisotopic (exact) mass is 266 g/mol. The summed E-state index contributed by atoms with van der Waals surface area (Å²) in [7, 11) is 1.73. The number of hydrogen-bond acceptors (Lipinski definition) is 5. The van der Waals surface area contributed by atoms with E-state index in [1.165, 1.54) is 0 Å². The molecule has 18 heavy (non-hydrogen) atoms. The smallest absolute Gasteiger partial charge is 0.256 e. The quantitative estimate of drug-likeness (QED) is 0.664. The van der Waals surface area contributed by atoms with Gasteiger partial charge in [-0.1, -0.05) is 11.8 Å². The van der Waals surface area contributed by atoms with Gasteiger partial charge in [-0.25, -0.2) is 4.98 Å². The van der Waals surface area contributed by atoms with Crippen LogP contribution >= 0.6 is 11.8 Å². The van der Waals surface area contributed by atoms with Crippen LogP contribution in [0.5, 0.6) is 0 Å². The van der Waals surface area contributed by atoms with Crippen molar-refractivity contribution in [3.05, 3.63) is 18.2 Å². The van der Waals surface area contributed by atoms with E-state index < -0.39 is 0 Å². The van der Waals surface area contributed by atoms with Gasteiger partial charge in [0.2, 0.25) is 0 Å². The second-order valence-corrected chi connectivity index (χ2v) is 5.82. The second-order valence-electron chi connectivity index (χ2n) is 4.77. The number of oxazole rings is 1. The van der Waals surface area contributed by atoms with Crippen LogP contribution in [0.15, 0.2) is 27.8 Å². The Hall–Kier alpha value is -1.20. The number of methoxy groups -OCH3 is 1. The normalized spacial score (nSPS) is 12.2. The SMILES string of the molecule is COC(C)(C)CCSc1nc2ccc(N)cc2o1. The van der Waals surface area contributed by atoms with Gasteiger partial charge in [0, 0.05) is 24.6 Å². The van der Waals surface area contributed by atoms with Gasteiger partial charge in [-0.3, -0.25) is 0 Å². The van der Waals surface area contributed by atoms with Gasteiger partial charge in [-0.05, 0) is 32.4 Å². The molecule has 0 unspecified atom stereocenters. The van der Waals surface area contributed by atoms with E-state index in [2.05, 4.69) is 18.8 Å². The summed E-state index contributed by atoms with van der Waals surface area (Å²) in [5.74, 6) is 0.906. The van der Waals surface area contributed by atoms with Crippen molar-refractivity contribution < 1.29 is 9.15 Å². The van der Waals surface area contributed by atoms with Crippen molar-refractivity contribution in [1.82, 2.24) is 4.98 Å². The summed E-state index contributed by atoms with van der Waals surface area (Å²) in [5, 5.41) is 0.683. The van der Waals surface area contributed by atoms with Crippen LogP contribution in [0.2, 0.25) is 0 Å². The van der Waals surface area contributed by atoms with Crippen molar-refractivity contribution in [3.8, 4) is 0 Å². The summed E-state index contributed by atoms with van der Waals surface area (Å²) in [6, 6.07) is 5.50. The third kappa shape index (κ3) is 3.17. The molecule has 5 heteroatoms. The first-order valence-electron chi connectivity index (χ1n) is 5.84. The number of rotatable bonds is 5. The molecule has 0 atom stereocenters. The summed E-state index contributed by atoms with van der Waals surface area (Å²) in [5.41, 5.74) is 7.86. The van der Waals surface area contributed by atoms with Gasteiger partial charge in [-0.15, -0.1) is 0 Å². The second kappa shape index (κ2) is 5.20. The van der Waals surface area contributed by atoms with E-state index in [0.717, 1.165) is 23.3 Å². The first kappa shape index (κ1) is 13.2. The van der Waals surface area contributed by atoms with E-state index >= 15 is 0 Å². The van der Waals surface area contributed by atoms with Crippen LogP contribution in [0.25, 0.3) is 11.1 Å². The molecule has 0 radical (unpaired) electrons. The molecule has 0 spiro atoms. The van der Waals surface area contributed by atoms with Crippen LogP contribution in [0, 0.1) is 0 Å². The maximum Gasteiger partial charge on any atom is 0.256 e. The molecular weight excluding hydrogens is 248 g/mol.